The zero-order chi connectivity index (χ0) is 26.2. The Labute approximate surface area is 229 Å². The van der Waals surface area contributed by atoms with Crippen LogP contribution in [-0.2, 0) is 7.05 Å². The van der Waals surface area contributed by atoms with Crippen molar-refractivity contribution in [2.45, 2.75) is 0 Å². The lowest BCUT2D eigenvalue weighted by Gasteiger charge is -2.25. The fourth-order valence-corrected chi connectivity index (χ4v) is 5.60. The van der Waals surface area contributed by atoms with Crippen LogP contribution in [-0.4, -0.2) is 4.57 Å². The second-order valence-corrected chi connectivity index (χ2v) is 9.94. The van der Waals surface area contributed by atoms with Gasteiger partial charge in [-0.05, 0) is 70.8 Å². The molecule has 6 aromatic carbocycles. The van der Waals surface area contributed by atoms with Crippen LogP contribution in [0.3, 0.4) is 0 Å². The molecule has 39 heavy (non-hydrogen) atoms. The summed E-state index contributed by atoms with van der Waals surface area (Å²) in [7, 11) is 2.15. The van der Waals surface area contributed by atoms with Gasteiger partial charge in [0.15, 0.2) is 0 Å². The van der Waals surface area contributed by atoms with Gasteiger partial charge in [0.2, 0.25) is 0 Å². The first-order valence-electron chi connectivity index (χ1n) is 13.3. The van der Waals surface area contributed by atoms with Crippen molar-refractivity contribution in [3.8, 4) is 22.3 Å². The summed E-state index contributed by atoms with van der Waals surface area (Å²) in [4.78, 5) is 2.29. The minimum atomic E-state index is 1.14. The molecule has 0 aliphatic heterocycles. The molecule has 186 valence electrons. The molecular weight excluding hydrogens is 472 g/mol. The second-order valence-electron chi connectivity index (χ2n) is 9.94. The summed E-state index contributed by atoms with van der Waals surface area (Å²) in [6.07, 6.45) is 0. The Bertz CT molecular complexity index is 1840. The predicted octanol–water partition coefficient (Wildman–Crippen LogP) is 10.1. The molecule has 1 heterocycles. The van der Waals surface area contributed by atoms with Gasteiger partial charge < -0.3 is 9.47 Å². The van der Waals surface area contributed by atoms with E-state index in [-0.39, 0.29) is 0 Å². The van der Waals surface area contributed by atoms with Gasteiger partial charge in [0.25, 0.3) is 0 Å². The van der Waals surface area contributed by atoms with Crippen molar-refractivity contribution in [3.63, 3.8) is 0 Å². The lowest BCUT2D eigenvalue weighted by atomic mass is 9.99. The highest BCUT2D eigenvalue weighted by Crippen LogP contribution is 2.36. The highest BCUT2D eigenvalue weighted by atomic mass is 15.1. The fourth-order valence-electron chi connectivity index (χ4n) is 5.60. The Balaban J connectivity index is 1.19. The SMILES string of the molecule is Cn1c2ccccc2c2ccc(-c3ccc(-c4ccc(N(c5ccccc5)c5ccccc5)cc4)cc3)cc21. The molecule has 0 saturated carbocycles. The van der Waals surface area contributed by atoms with Crippen LogP contribution in [0.2, 0.25) is 0 Å². The number of nitrogens with zero attached hydrogens (tertiary/aromatic N) is 2. The molecule has 0 bridgehead atoms. The van der Waals surface area contributed by atoms with Crippen LogP contribution in [0.1, 0.15) is 0 Å². The van der Waals surface area contributed by atoms with E-state index in [4.69, 9.17) is 0 Å². The van der Waals surface area contributed by atoms with Gasteiger partial charge >= 0.3 is 0 Å². The van der Waals surface area contributed by atoms with Crippen molar-refractivity contribution in [2.24, 2.45) is 7.05 Å². The number of para-hydroxylation sites is 3. The molecule has 0 atom stereocenters. The second kappa shape index (κ2) is 9.66. The molecule has 0 fully saturated rings. The maximum atomic E-state index is 2.31. The van der Waals surface area contributed by atoms with Crippen LogP contribution in [0.4, 0.5) is 17.1 Å². The van der Waals surface area contributed by atoms with Gasteiger partial charge in [0, 0.05) is 45.9 Å². The highest BCUT2D eigenvalue weighted by molar-refractivity contribution is 6.09. The summed E-state index contributed by atoms with van der Waals surface area (Å²) in [5, 5.41) is 2.60. The summed E-state index contributed by atoms with van der Waals surface area (Å²) < 4.78 is 2.29. The summed E-state index contributed by atoms with van der Waals surface area (Å²) >= 11 is 0. The van der Waals surface area contributed by atoms with Crippen molar-refractivity contribution in [1.29, 1.82) is 0 Å². The molecule has 0 aliphatic rings. The third kappa shape index (κ3) is 4.17. The fraction of sp³-hybridized carbons (Fsp3) is 0.0270. The van der Waals surface area contributed by atoms with E-state index in [0.29, 0.717) is 0 Å². The summed E-state index contributed by atoms with van der Waals surface area (Å²) in [5.41, 5.74) is 10.8. The predicted molar refractivity (Wildman–Crippen MR) is 166 cm³/mol. The lowest BCUT2D eigenvalue weighted by Crippen LogP contribution is -2.09. The summed E-state index contributed by atoms with van der Waals surface area (Å²) in [5.74, 6) is 0. The normalized spacial score (nSPS) is 11.2. The number of benzene rings is 6. The van der Waals surface area contributed by atoms with Gasteiger partial charge in [0.05, 0.1) is 0 Å². The average molecular weight is 501 g/mol. The van der Waals surface area contributed by atoms with Crippen molar-refractivity contribution >= 4 is 38.9 Å². The van der Waals surface area contributed by atoms with E-state index < -0.39 is 0 Å². The molecule has 0 spiro atoms. The first kappa shape index (κ1) is 23.1. The molecule has 2 heteroatoms. The van der Waals surface area contributed by atoms with Gasteiger partial charge in [-0.2, -0.15) is 0 Å². The van der Waals surface area contributed by atoms with Crippen LogP contribution in [0.25, 0.3) is 44.1 Å². The Morgan fingerprint density at radius 3 is 1.44 bits per heavy atom. The molecule has 1 aromatic heterocycles. The molecule has 0 saturated heterocycles. The smallest absolute Gasteiger partial charge is 0.0494 e. The lowest BCUT2D eigenvalue weighted by molar-refractivity contribution is 1.01. The molecular formula is C37H28N2. The number of hydrogen-bond acceptors (Lipinski definition) is 1. The Hall–Kier alpha value is -5.08. The molecule has 7 rings (SSSR count). The Morgan fingerprint density at radius 2 is 0.821 bits per heavy atom. The Kier molecular flexibility index (Phi) is 5.71. The van der Waals surface area contributed by atoms with Gasteiger partial charge in [-0.1, -0.05) is 103 Å². The minimum absolute atomic E-state index is 1.14. The third-order valence-electron chi connectivity index (χ3n) is 7.62. The van der Waals surface area contributed by atoms with Crippen LogP contribution in [0, 0.1) is 0 Å². The zero-order valence-corrected chi connectivity index (χ0v) is 21.8. The van der Waals surface area contributed by atoms with E-state index >= 15 is 0 Å². The molecule has 0 radical (unpaired) electrons. The molecule has 7 aromatic rings. The maximum absolute atomic E-state index is 2.31. The average Bonchev–Trinajstić information content (AvgIpc) is 3.30. The molecule has 0 aliphatic carbocycles. The quantitative estimate of drug-likeness (QED) is 0.228. The van der Waals surface area contributed by atoms with Gasteiger partial charge in [-0.3, -0.25) is 0 Å². The third-order valence-corrected chi connectivity index (χ3v) is 7.62. The minimum Gasteiger partial charge on any atom is -0.344 e. The van der Waals surface area contributed by atoms with Crippen LogP contribution in [0.5, 0.6) is 0 Å². The Morgan fingerprint density at radius 1 is 0.385 bits per heavy atom. The summed E-state index contributed by atoms with van der Waals surface area (Å²) in [6.45, 7) is 0. The van der Waals surface area contributed by atoms with Gasteiger partial charge in [-0.25, -0.2) is 0 Å². The molecule has 0 unspecified atom stereocenters. The highest BCUT2D eigenvalue weighted by Gasteiger charge is 2.12. The number of aromatic nitrogens is 1. The van der Waals surface area contributed by atoms with Crippen LogP contribution >= 0.6 is 0 Å². The van der Waals surface area contributed by atoms with E-state index in [1.54, 1.807) is 0 Å². The molecule has 0 amide bonds. The summed E-state index contributed by atoms with van der Waals surface area (Å²) in [6, 6.07) is 54.2. The van der Waals surface area contributed by atoms with E-state index in [0.717, 1.165) is 17.1 Å². The number of fused-ring (bicyclic) bond motifs is 3. The first-order valence-corrected chi connectivity index (χ1v) is 13.3. The van der Waals surface area contributed by atoms with Crippen molar-refractivity contribution in [2.75, 3.05) is 4.90 Å². The van der Waals surface area contributed by atoms with E-state index in [9.17, 15) is 0 Å². The standard InChI is InChI=1S/C37H28N2/c1-38-36-15-9-8-14-34(36)35-25-22-30(26-37(35)38)29-18-16-27(17-19-29)28-20-23-33(24-21-28)39(31-10-4-2-5-11-31)32-12-6-3-7-13-32/h2-26H,1H3. The van der Waals surface area contributed by atoms with E-state index in [1.165, 1.54) is 44.1 Å². The van der Waals surface area contributed by atoms with Gasteiger partial charge in [-0.15, -0.1) is 0 Å². The largest absolute Gasteiger partial charge is 0.344 e. The van der Waals surface area contributed by atoms with Crippen LogP contribution < -0.4 is 4.90 Å². The zero-order valence-electron chi connectivity index (χ0n) is 21.8. The van der Waals surface area contributed by atoms with E-state index in [2.05, 4.69) is 168 Å². The van der Waals surface area contributed by atoms with Gasteiger partial charge in [0.1, 0.15) is 0 Å². The van der Waals surface area contributed by atoms with Crippen molar-refractivity contribution in [3.05, 3.63) is 152 Å². The van der Waals surface area contributed by atoms with Crippen molar-refractivity contribution in [1.82, 2.24) is 4.57 Å². The first-order chi connectivity index (χ1) is 19.3. The number of anilines is 3. The number of rotatable bonds is 5. The number of hydrogen-bond donors (Lipinski definition) is 0. The molecule has 0 N–H and O–H groups in total. The maximum Gasteiger partial charge on any atom is 0.0494 e. The van der Waals surface area contributed by atoms with E-state index in [1.807, 2.05) is 0 Å². The topological polar surface area (TPSA) is 8.17 Å². The molecule has 2 nitrogen and oxygen atoms in total. The van der Waals surface area contributed by atoms with Crippen molar-refractivity contribution < 1.29 is 0 Å². The monoisotopic (exact) mass is 500 g/mol. The number of aryl methyl sites for hydroxylation is 1. The van der Waals surface area contributed by atoms with Crippen LogP contribution in [0.15, 0.2) is 152 Å².